The lowest BCUT2D eigenvalue weighted by molar-refractivity contribution is 0.0600. The first-order valence-corrected chi connectivity index (χ1v) is 9.48. The highest BCUT2D eigenvalue weighted by Gasteiger charge is 2.15. The number of rotatable bonds is 6. The SMILES string of the molecule is COC(=O)c1cccc(OCCN2CCCN(c3ccc(C#N)cc3)CC2)c1. The zero-order valence-electron chi connectivity index (χ0n) is 16.1. The Morgan fingerprint density at radius 1 is 1.11 bits per heavy atom. The molecule has 1 heterocycles. The van der Waals surface area contributed by atoms with Crippen molar-refractivity contribution in [2.45, 2.75) is 6.42 Å². The Morgan fingerprint density at radius 3 is 2.68 bits per heavy atom. The zero-order valence-corrected chi connectivity index (χ0v) is 16.1. The number of carbonyl (C=O) groups excluding carboxylic acids is 1. The van der Waals surface area contributed by atoms with Crippen molar-refractivity contribution in [2.75, 3.05) is 51.3 Å². The molecular formula is C22H25N3O3. The van der Waals surface area contributed by atoms with Crippen LogP contribution in [0.25, 0.3) is 0 Å². The maximum absolute atomic E-state index is 11.6. The minimum Gasteiger partial charge on any atom is -0.492 e. The predicted octanol–water partition coefficient (Wildman–Crippen LogP) is 2.94. The fourth-order valence-electron chi connectivity index (χ4n) is 3.32. The van der Waals surface area contributed by atoms with Gasteiger partial charge in [-0.1, -0.05) is 6.07 Å². The van der Waals surface area contributed by atoms with Gasteiger partial charge in [0.15, 0.2) is 0 Å². The van der Waals surface area contributed by atoms with Gasteiger partial charge in [0.05, 0.1) is 24.3 Å². The van der Waals surface area contributed by atoms with Gasteiger partial charge in [0.1, 0.15) is 12.4 Å². The number of nitrogens with zero attached hydrogens (tertiary/aromatic N) is 3. The van der Waals surface area contributed by atoms with Crippen LogP contribution in [0, 0.1) is 11.3 Å². The summed E-state index contributed by atoms with van der Waals surface area (Å²) in [5.74, 6) is 0.317. The molecule has 146 valence electrons. The molecular weight excluding hydrogens is 354 g/mol. The van der Waals surface area contributed by atoms with Crippen LogP contribution >= 0.6 is 0 Å². The van der Waals surface area contributed by atoms with E-state index in [1.807, 2.05) is 30.3 Å². The first-order valence-electron chi connectivity index (χ1n) is 9.48. The van der Waals surface area contributed by atoms with Crippen molar-refractivity contribution in [2.24, 2.45) is 0 Å². The van der Waals surface area contributed by atoms with E-state index in [0.29, 0.717) is 23.5 Å². The van der Waals surface area contributed by atoms with Crippen molar-refractivity contribution in [3.63, 3.8) is 0 Å². The molecule has 0 N–H and O–H groups in total. The first-order chi connectivity index (χ1) is 13.7. The predicted molar refractivity (Wildman–Crippen MR) is 108 cm³/mol. The van der Waals surface area contributed by atoms with E-state index in [2.05, 4.69) is 15.9 Å². The van der Waals surface area contributed by atoms with Crippen molar-refractivity contribution >= 4 is 11.7 Å². The van der Waals surface area contributed by atoms with Gasteiger partial charge < -0.3 is 14.4 Å². The van der Waals surface area contributed by atoms with Crippen LogP contribution in [0.1, 0.15) is 22.3 Å². The van der Waals surface area contributed by atoms with Gasteiger partial charge in [-0.15, -0.1) is 0 Å². The molecule has 0 unspecified atom stereocenters. The van der Waals surface area contributed by atoms with Crippen LogP contribution in [0.5, 0.6) is 5.75 Å². The van der Waals surface area contributed by atoms with Crippen molar-refractivity contribution in [1.29, 1.82) is 5.26 Å². The Hall–Kier alpha value is -3.04. The number of benzene rings is 2. The largest absolute Gasteiger partial charge is 0.492 e. The average molecular weight is 379 g/mol. The lowest BCUT2D eigenvalue weighted by Crippen LogP contribution is -2.33. The number of hydrogen-bond donors (Lipinski definition) is 0. The molecule has 0 aliphatic carbocycles. The van der Waals surface area contributed by atoms with Gasteiger partial charge >= 0.3 is 5.97 Å². The Labute approximate surface area is 165 Å². The van der Waals surface area contributed by atoms with Gasteiger partial charge in [-0.05, 0) is 48.9 Å². The fraction of sp³-hybridized carbons (Fsp3) is 0.364. The van der Waals surface area contributed by atoms with Gasteiger partial charge in [-0.3, -0.25) is 4.90 Å². The topological polar surface area (TPSA) is 65.8 Å². The second kappa shape index (κ2) is 9.77. The van der Waals surface area contributed by atoms with Crippen LogP contribution < -0.4 is 9.64 Å². The average Bonchev–Trinajstić information content (AvgIpc) is 2.99. The zero-order chi connectivity index (χ0) is 19.8. The lowest BCUT2D eigenvalue weighted by atomic mass is 10.2. The van der Waals surface area contributed by atoms with Crippen LogP contribution in [0.3, 0.4) is 0 Å². The fourth-order valence-corrected chi connectivity index (χ4v) is 3.32. The van der Waals surface area contributed by atoms with Gasteiger partial charge in [-0.2, -0.15) is 5.26 Å². The summed E-state index contributed by atoms with van der Waals surface area (Å²) in [6.45, 7) is 5.35. The maximum Gasteiger partial charge on any atom is 0.337 e. The normalized spacial score (nSPS) is 14.8. The Bertz CT molecular complexity index is 830. The van der Waals surface area contributed by atoms with E-state index >= 15 is 0 Å². The van der Waals surface area contributed by atoms with Crippen molar-refractivity contribution in [3.05, 3.63) is 59.7 Å². The van der Waals surface area contributed by atoms with Gasteiger partial charge in [0.2, 0.25) is 0 Å². The van der Waals surface area contributed by atoms with Gasteiger partial charge in [0, 0.05) is 38.4 Å². The highest BCUT2D eigenvalue weighted by Crippen LogP contribution is 2.18. The number of esters is 1. The van der Waals surface area contributed by atoms with Crippen LogP contribution in [0.15, 0.2) is 48.5 Å². The summed E-state index contributed by atoms with van der Waals surface area (Å²) in [6, 6.07) is 17.0. The summed E-state index contributed by atoms with van der Waals surface area (Å²) < 4.78 is 10.6. The molecule has 0 radical (unpaired) electrons. The van der Waals surface area contributed by atoms with Crippen molar-refractivity contribution in [1.82, 2.24) is 4.90 Å². The van der Waals surface area contributed by atoms with E-state index in [4.69, 9.17) is 14.7 Å². The molecule has 0 spiro atoms. The van der Waals surface area contributed by atoms with Crippen LogP contribution in [0.4, 0.5) is 5.69 Å². The number of anilines is 1. The number of carbonyl (C=O) groups is 1. The third-order valence-corrected chi connectivity index (χ3v) is 4.88. The molecule has 1 aliphatic heterocycles. The Balaban J connectivity index is 1.47. The van der Waals surface area contributed by atoms with Crippen LogP contribution in [0.2, 0.25) is 0 Å². The number of nitriles is 1. The van der Waals surface area contributed by atoms with Crippen LogP contribution in [-0.4, -0.2) is 57.3 Å². The van der Waals surface area contributed by atoms with Crippen molar-refractivity contribution in [3.8, 4) is 11.8 Å². The van der Waals surface area contributed by atoms with E-state index in [1.54, 1.807) is 18.2 Å². The lowest BCUT2D eigenvalue weighted by Gasteiger charge is -2.23. The minimum atomic E-state index is -0.360. The molecule has 3 rings (SSSR count). The molecule has 2 aromatic carbocycles. The van der Waals surface area contributed by atoms with E-state index < -0.39 is 0 Å². The Kier molecular flexibility index (Phi) is 6.88. The second-order valence-corrected chi connectivity index (χ2v) is 6.71. The van der Waals surface area contributed by atoms with Gasteiger partial charge in [0.25, 0.3) is 0 Å². The van der Waals surface area contributed by atoms with E-state index in [-0.39, 0.29) is 5.97 Å². The summed E-state index contributed by atoms with van der Waals surface area (Å²) >= 11 is 0. The molecule has 1 saturated heterocycles. The third kappa shape index (κ3) is 5.24. The van der Waals surface area contributed by atoms with E-state index in [1.165, 1.54) is 7.11 Å². The van der Waals surface area contributed by atoms with Crippen LogP contribution in [-0.2, 0) is 4.74 Å². The molecule has 6 nitrogen and oxygen atoms in total. The van der Waals surface area contributed by atoms with Crippen molar-refractivity contribution < 1.29 is 14.3 Å². The molecule has 0 atom stereocenters. The van der Waals surface area contributed by atoms with E-state index in [9.17, 15) is 4.79 Å². The Morgan fingerprint density at radius 2 is 1.93 bits per heavy atom. The second-order valence-electron chi connectivity index (χ2n) is 6.71. The third-order valence-electron chi connectivity index (χ3n) is 4.88. The highest BCUT2D eigenvalue weighted by atomic mass is 16.5. The monoisotopic (exact) mass is 379 g/mol. The smallest absolute Gasteiger partial charge is 0.337 e. The maximum atomic E-state index is 11.6. The molecule has 0 amide bonds. The summed E-state index contributed by atoms with van der Waals surface area (Å²) in [4.78, 5) is 16.4. The number of hydrogen-bond acceptors (Lipinski definition) is 6. The molecule has 1 fully saturated rings. The summed E-state index contributed by atoms with van der Waals surface area (Å²) in [5.41, 5.74) is 2.35. The van der Waals surface area contributed by atoms with Gasteiger partial charge in [-0.25, -0.2) is 4.79 Å². The summed E-state index contributed by atoms with van der Waals surface area (Å²) in [6.07, 6.45) is 1.08. The first kappa shape index (κ1) is 19.7. The molecule has 1 aliphatic rings. The molecule has 6 heteroatoms. The standard InChI is InChI=1S/C22H25N3O3/c1-27-22(26)19-4-2-5-21(16-19)28-15-14-24-10-3-11-25(13-12-24)20-8-6-18(17-23)7-9-20/h2,4-9,16H,3,10-15H2,1H3. The quantitative estimate of drug-likeness (QED) is 0.719. The van der Waals surface area contributed by atoms with E-state index in [0.717, 1.165) is 44.8 Å². The molecule has 2 aromatic rings. The highest BCUT2D eigenvalue weighted by molar-refractivity contribution is 5.89. The summed E-state index contributed by atoms with van der Waals surface area (Å²) in [5, 5.41) is 8.93. The number of ether oxygens (including phenoxy) is 2. The molecule has 0 aromatic heterocycles. The minimum absolute atomic E-state index is 0.360. The molecule has 0 saturated carbocycles. The molecule has 28 heavy (non-hydrogen) atoms. The molecule has 0 bridgehead atoms. The number of methoxy groups -OCH3 is 1. The summed E-state index contributed by atoms with van der Waals surface area (Å²) in [7, 11) is 1.37.